The molecule has 0 bridgehead atoms. The molecule has 1 aromatic carbocycles. The second-order valence-electron chi connectivity index (χ2n) is 2.45. The standard InChI is InChI=1S/C9H9OSe/c1-7(9(10)11)8-5-3-2-4-6-8/h2-7H,1H3. The molecule has 1 radical (unpaired) electrons. The Hall–Kier alpha value is -0.591. The normalized spacial score (nSPS) is 12.5. The summed E-state index contributed by atoms with van der Waals surface area (Å²) in [5.41, 5.74) is 1.07. The molecule has 1 rings (SSSR count). The van der Waals surface area contributed by atoms with Gasteiger partial charge in [-0.1, -0.05) is 0 Å². The second-order valence-corrected chi connectivity index (χ2v) is 3.30. The van der Waals surface area contributed by atoms with Gasteiger partial charge in [-0.3, -0.25) is 0 Å². The van der Waals surface area contributed by atoms with Gasteiger partial charge in [0.2, 0.25) is 0 Å². The molecule has 11 heavy (non-hydrogen) atoms. The summed E-state index contributed by atoms with van der Waals surface area (Å²) in [4.78, 5) is 10.9. The number of carbonyl (C=O) groups excluding carboxylic acids is 1. The first-order valence-electron chi connectivity index (χ1n) is 3.47. The molecule has 0 heterocycles. The number of hydrogen-bond donors (Lipinski definition) is 0. The van der Waals surface area contributed by atoms with E-state index in [-0.39, 0.29) is 10.6 Å². The number of rotatable bonds is 2. The van der Waals surface area contributed by atoms with Crippen molar-refractivity contribution in [3.63, 3.8) is 0 Å². The van der Waals surface area contributed by atoms with Gasteiger partial charge in [0, 0.05) is 0 Å². The summed E-state index contributed by atoms with van der Waals surface area (Å²) >= 11 is 2.50. The molecule has 0 saturated heterocycles. The van der Waals surface area contributed by atoms with Gasteiger partial charge in [-0.2, -0.15) is 0 Å². The molecule has 0 aliphatic carbocycles. The van der Waals surface area contributed by atoms with E-state index in [4.69, 9.17) is 0 Å². The molecule has 0 amide bonds. The summed E-state index contributed by atoms with van der Waals surface area (Å²) in [5.74, 6) is -0.0174. The van der Waals surface area contributed by atoms with Gasteiger partial charge in [0.25, 0.3) is 0 Å². The van der Waals surface area contributed by atoms with E-state index in [0.29, 0.717) is 0 Å². The second kappa shape index (κ2) is 3.70. The van der Waals surface area contributed by atoms with Crippen LogP contribution in [0.15, 0.2) is 30.3 Å². The summed E-state index contributed by atoms with van der Waals surface area (Å²) in [6.07, 6.45) is 0. The molecule has 0 saturated carbocycles. The fraction of sp³-hybridized carbons (Fsp3) is 0.222. The Morgan fingerprint density at radius 3 is 2.36 bits per heavy atom. The van der Waals surface area contributed by atoms with Crippen molar-refractivity contribution < 1.29 is 4.79 Å². The van der Waals surface area contributed by atoms with Crippen LogP contribution in [-0.4, -0.2) is 20.7 Å². The first-order chi connectivity index (χ1) is 5.22. The molecule has 57 valence electrons. The molecular formula is C9H9OSe. The third-order valence-corrected chi connectivity index (χ3v) is 2.39. The van der Waals surface area contributed by atoms with Gasteiger partial charge in [-0.05, 0) is 0 Å². The van der Waals surface area contributed by atoms with Crippen LogP contribution in [0.2, 0.25) is 0 Å². The molecule has 0 fully saturated rings. The van der Waals surface area contributed by atoms with E-state index >= 15 is 0 Å². The van der Waals surface area contributed by atoms with E-state index in [9.17, 15) is 4.79 Å². The molecular weight excluding hydrogens is 203 g/mol. The Morgan fingerprint density at radius 2 is 1.91 bits per heavy atom. The number of hydrogen-bond acceptors (Lipinski definition) is 1. The van der Waals surface area contributed by atoms with E-state index in [1.807, 2.05) is 37.3 Å². The van der Waals surface area contributed by atoms with E-state index in [2.05, 4.69) is 16.0 Å². The molecule has 1 unspecified atom stereocenters. The monoisotopic (exact) mass is 213 g/mol. The van der Waals surface area contributed by atoms with Gasteiger partial charge in [-0.15, -0.1) is 0 Å². The predicted octanol–water partition coefficient (Wildman–Crippen LogP) is 1.49. The quantitative estimate of drug-likeness (QED) is 0.678. The SMILES string of the molecule is CC(C(=O)[Se])c1ccccc1. The fourth-order valence-corrected chi connectivity index (χ4v) is 1.16. The van der Waals surface area contributed by atoms with Crippen LogP contribution < -0.4 is 0 Å². The van der Waals surface area contributed by atoms with Gasteiger partial charge in [0.15, 0.2) is 0 Å². The number of benzene rings is 1. The van der Waals surface area contributed by atoms with Crippen molar-refractivity contribution in [2.45, 2.75) is 12.8 Å². The van der Waals surface area contributed by atoms with Crippen LogP contribution in [0.1, 0.15) is 18.4 Å². The van der Waals surface area contributed by atoms with Crippen LogP contribution >= 0.6 is 0 Å². The van der Waals surface area contributed by atoms with Gasteiger partial charge in [0.1, 0.15) is 0 Å². The van der Waals surface area contributed by atoms with Crippen LogP contribution in [-0.2, 0) is 4.79 Å². The van der Waals surface area contributed by atoms with E-state index < -0.39 is 0 Å². The number of carbonyl (C=O) groups is 1. The van der Waals surface area contributed by atoms with Crippen molar-refractivity contribution in [2.75, 3.05) is 0 Å². The molecule has 0 aliphatic heterocycles. The van der Waals surface area contributed by atoms with E-state index in [1.54, 1.807) is 0 Å². The van der Waals surface area contributed by atoms with Crippen molar-refractivity contribution in [3.8, 4) is 0 Å². The summed E-state index contributed by atoms with van der Waals surface area (Å²) in [7, 11) is 0. The van der Waals surface area contributed by atoms with Crippen LogP contribution in [0.5, 0.6) is 0 Å². The minimum absolute atomic E-state index is 0.0174. The molecule has 0 spiro atoms. The molecule has 1 nitrogen and oxygen atoms in total. The van der Waals surface area contributed by atoms with Crippen LogP contribution in [0.3, 0.4) is 0 Å². The van der Waals surface area contributed by atoms with Gasteiger partial charge < -0.3 is 0 Å². The molecule has 1 atom stereocenters. The molecule has 0 aromatic heterocycles. The first-order valence-corrected chi connectivity index (χ1v) is 4.33. The Labute approximate surface area is 74.6 Å². The van der Waals surface area contributed by atoms with Gasteiger partial charge in [0.05, 0.1) is 0 Å². The van der Waals surface area contributed by atoms with Crippen LogP contribution in [0, 0.1) is 0 Å². The van der Waals surface area contributed by atoms with Crippen molar-refractivity contribution >= 4 is 20.7 Å². The third kappa shape index (κ3) is 2.18. The Bertz CT molecular complexity index is 243. The maximum atomic E-state index is 10.9. The fourth-order valence-electron chi connectivity index (χ4n) is 0.878. The van der Waals surface area contributed by atoms with Gasteiger partial charge >= 0.3 is 74.2 Å². The van der Waals surface area contributed by atoms with Crippen molar-refractivity contribution in [1.82, 2.24) is 0 Å². The average molecular weight is 212 g/mol. The van der Waals surface area contributed by atoms with Crippen molar-refractivity contribution in [3.05, 3.63) is 35.9 Å². The summed E-state index contributed by atoms with van der Waals surface area (Å²) in [5, 5.41) is 0. The zero-order chi connectivity index (χ0) is 8.27. The van der Waals surface area contributed by atoms with E-state index in [1.165, 1.54) is 0 Å². The summed E-state index contributed by atoms with van der Waals surface area (Å²) < 4.78 is 0.0937. The average Bonchev–Trinajstić information content (AvgIpc) is 2.05. The predicted molar refractivity (Wildman–Crippen MR) is 45.6 cm³/mol. The van der Waals surface area contributed by atoms with Crippen LogP contribution in [0.25, 0.3) is 0 Å². The molecule has 2 heteroatoms. The Balaban J connectivity index is 2.85. The summed E-state index contributed by atoms with van der Waals surface area (Å²) in [6.45, 7) is 1.90. The molecule has 1 aromatic rings. The molecule has 0 aliphatic rings. The topological polar surface area (TPSA) is 17.1 Å². The van der Waals surface area contributed by atoms with E-state index in [0.717, 1.165) is 5.56 Å². The summed E-state index contributed by atoms with van der Waals surface area (Å²) in [6, 6.07) is 9.74. The molecule has 0 N–H and O–H groups in total. The maximum absolute atomic E-state index is 10.9. The minimum atomic E-state index is -0.0174. The van der Waals surface area contributed by atoms with Crippen LogP contribution in [0.4, 0.5) is 0 Å². The first kappa shape index (κ1) is 8.51. The third-order valence-electron chi connectivity index (χ3n) is 1.65. The zero-order valence-electron chi connectivity index (χ0n) is 6.28. The Morgan fingerprint density at radius 1 is 1.36 bits per heavy atom. The van der Waals surface area contributed by atoms with Gasteiger partial charge in [-0.25, -0.2) is 0 Å². The Kier molecular flexibility index (Phi) is 2.86. The van der Waals surface area contributed by atoms with Crippen molar-refractivity contribution in [2.24, 2.45) is 0 Å². The van der Waals surface area contributed by atoms with Crippen molar-refractivity contribution in [1.29, 1.82) is 0 Å². The zero-order valence-corrected chi connectivity index (χ0v) is 7.99.